The molecule has 3 atom stereocenters. The van der Waals surface area contributed by atoms with Gasteiger partial charge in [0.15, 0.2) is 0 Å². The van der Waals surface area contributed by atoms with E-state index in [-0.39, 0.29) is 24.1 Å². The lowest BCUT2D eigenvalue weighted by Crippen LogP contribution is -2.26. The molecule has 3 aliphatic carbocycles. The number of fused-ring (bicyclic) bond motifs is 8. The van der Waals surface area contributed by atoms with Crippen LogP contribution in [0.5, 0.6) is 0 Å². The van der Waals surface area contributed by atoms with E-state index in [1.165, 1.54) is 70.6 Å². The van der Waals surface area contributed by atoms with Gasteiger partial charge in [-0.15, -0.1) is 0 Å². The molecule has 1 aliphatic heterocycles. The van der Waals surface area contributed by atoms with Crippen molar-refractivity contribution in [3.63, 3.8) is 0 Å². The molecule has 184 valence electrons. The molecular weight excluding hydrogens is 400 g/mol. The van der Waals surface area contributed by atoms with Gasteiger partial charge < -0.3 is 14.2 Å². The molecule has 0 aromatic carbocycles. The molecule has 4 heteroatoms. The van der Waals surface area contributed by atoms with Crippen molar-refractivity contribution in [3.8, 4) is 0 Å². The highest BCUT2D eigenvalue weighted by Crippen LogP contribution is 2.38. The van der Waals surface area contributed by atoms with Gasteiger partial charge in [0, 0.05) is 6.42 Å². The second-order valence-electron chi connectivity index (χ2n) is 10.5. The molecule has 0 amide bonds. The van der Waals surface area contributed by atoms with Crippen LogP contribution in [0.2, 0.25) is 0 Å². The molecule has 1 saturated heterocycles. The first-order valence-corrected chi connectivity index (χ1v) is 13.8. The highest BCUT2D eigenvalue weighted by molar-refractivity contribution is 5.72. The Morgan fingerprint density at radius 3 is 2.38 bits per heavy atom. The Bertz CT molecular complexity index is 508. The summed E-state index contributed by atoms with van der Waals surface area (Å²) in [5.41, 5.74) is 0. The molecular formula is C28H48O4. The Kier molecular flexibility index (Phi) is 11.9. The third-order valence-electron chi connectivity index (χ3n) is 7.97. The van der Waals surface area contributed by atoms with Crippen molar-refractivity contribution >= 4 is 5.97 Å². The van der Waals surface area contributed by atoms with Crippen molar-refractivity contribution in [3.05, 3.63) is 13.2 Å². The highest BCUT2D eigenvalue weighted by Gasteiger charge is 2.35. The average Bonchev–Trinajstić information content (AvgIpc) is 2.96. The molecule has 4 aliphatic rings. The minimum Gasteiger partial charge on any atom is -0.466 e. The van der Waals surface area contributed by atoms with Crippen molar-refractivity contribution in [2.45, 2.75) is 135 Å². The van der Waals surface area contributed by atoms with Gasteiger partial charge in [0.25, 0.3) is 0 Å². The smallest absolute Gasteiger partial charge is 0.308 e. The molecule has 0 N–H and O–H groups in total. The number of carbonyl (C=O) groups is 1. The fourth-order valence-corrected chi connectivity index (χ4v) is 6.09. The zero-order chi connectivity index (χ0) is 22.6. The molecule has 32 heavy (non-hydrogen) atoms. The number of ether oxygens (including phenoxy) is 3. The van der Waals surface area contributed by atoms with E-state index >= 15 is 0 Å². The standard InChI is InChI=1S/C28H48O4/c1-3-5-14-24(28(29)30-4-2)17-20-27-31-25-18-19-26(32-27)23-15-10-6-8-12-22(21-25)13-9-7-11-16-23/h22-26H,1,3-21H2,2H3. The Balaban J connectivity index is 1.70. The van der Waals surface area contributed by atoms with Gasteiger partial charge in [0.1, 0.15) is 0 Å². The Morgan fingerprint density at radius 2 is 1.69 bits per heavy atom. The van der Waals surface area contributed by atoms with Crippen LogP contribution in [-0.4, -0.2) is 24.8 Å². The van der Waals surface area contributed by atoms with Crippen molar-refractivity contribution in [2.24, 2.45) is 17.8 Å². The van der Waals surface area contributed by atoms with E-state index in [0.717, 1.165) is 50.7 Å². The fraction of sp³-hybridized carbons (Fsp3) is 0.893. The first-order valence-electron chi connectivity index (χ1n) is 13.8. The zero-order valence-electron chi connectivity index (χ0n) is 20.7. The highest BCUT2D eigenvalue weighted by atomic mass is 16.7. The number of hydrogen-bond acceptors (Lipinski definition) is 4. The van der Waals surface area contributed by atoms with E-state index in [4.69, 9.17) is 14.2 Å². The Hall–Kier alpha value is -0.610. The summed E-state index contributed by atoms with van der Waals surface area (Å²) in [5, 5.41) is 0. The summed E-state index contributed by atoms with van der Waals surface area (Å²) in [6.45, 7) is 6.27. The van der Waals surface area contributed by atoms with Crippen molar-refractivity contribution in [1.82, 2.24) is 0 Å². The van der Waals surface area contributed by atoms with Crippen molar-refractivity contribution in [2.75, 3.05) is 6.61 Å². The van der Waals surface area contributed by atoms with Gasteiger partial charge >= 0.3 is 5.97 Å². The molecule has 2 radical (unpaired) electrons. The number of esters is 1. The maximum atomic E-state index is 12.5. The van der Waals surface area contributed by atoms with Gasteiger partial charge in [-0.05, 0) is 63.7 Å². The molecule has 0 aromatic heterocycles. The molecule has 4 bridgehead atoms. The summed E-state index contributed by atoms with van der Waals surface area (Å²) in [5.74, 6) is 1.29. The summed E-state index contributed by atoms with van der Waals surface area (Å²) < 4.78 is 18.6. The van der Waals surface area contributed by atoms with E-state index in [1.54, 1.807) is 0 Å². The maximum absolute atomic E-state index is 12.5. The molecule has 4 fully saturated rings. The van der Waals surface area contributed by atoms with E-state index < -0.39 is 0 Å². The minimum atomic E-state index is -0.0794. The van der Waals surface area contributed by atoms with Gasteiger partial charge in [-0.3, -0.25) is 4.79 Å². The third-order valence-corrected chi connectivity index (χ3v) is 7.97. The van der Waals surface area contributed by atoms with Crippen LogP contribution in [0.4, 0.5) is 0 Å². The second kappa shape index (κ2) is 14.6. The molecule has 0 spiro atoms. The summed E-state index contributed by atoms with van der Waals surface area (Å²) >= 11 is 0. The van der Waals surface area contributed by atoms with Crippen LogP contribution in [0.25, 0.3) is 0 Å². The first kappa shape index (κ1) is 26.0. The quantitative estimate of drug-likeness (QED) is 0.359. The third kappa shape index (κ3) is 8.63. The number of hydrogen-bond donors (Lipinski definition) is 0. The zero-order valence-corrected chi connectivity index (χ0v) is 20.7. The topological polar surface area (TPSA) is 44.8 Å². The fourth-order valence-electron chi connectivity index (χ4n) is 6.09. The van der Waals surface area contributed by atoms with Crippen LogP contribution in [0.3, 0.4) is 0 Å². The van der Waals surface area contributed by atoms with Gasteiger partial charge in [0.05, 0.1) is 24.7 Å². The van der Waals surface area contributed by atoms with E-state index in [0.29, 0.717) is 18.9 Å². The lowest BCUT2D eigenvalue weighted by Gasteiger charge is -2.29. The van der Waals surface area contributed by atoms with E-state index in [9.17, 15) is 4.79 Å². The molecule has 4 rings (SSSR count). The van der Waals surface area contributed by atoms with Crippen LogP contribution < -0.4 is 0 Å². The maximum Gasteiger partial charge on any atom is 0.308 e. The molecule has 1 heterocycles. The molecule has 3 saturated carbocycles. The monoisotopic (exact) mass is 448 g/mol. The van der Waals surface area contributed by atoms with Crippen LogP contribution in [0, 0.1) is 31.0 Å². The lowest BCUT2D eigenvalue weighted by molar-refractivity contribution is -0.149. The lowest BCUT2D eigenvalue weighted by atomic mass is 9.82. The van der Waals surface area contributed by atoms with Crippen molar-refractivity contribution in [1.29, 1.82) is 0 Å². The van der Waals surface area contributed by atoms with Crippen LogP contribution in [-0.2, 0) is 19.0 Å². The van der Waals surface area contributed by atoms with Gasteiger partial charge in [-0.1, -0.05) is 71.1 Å². The molecule has 4 nitrogen and oxygen atoms in total. The van der Waals surface area contributed by atoms with E-state index in [1.807, 2.05) is 6.92 Å². The number of carbonyl (C=O) groups excluding carboxylic acids is 1. The number of unbranched alkanes of at least 4 members (excludes halogenated alkanes) is 1. The summed E-state index contributed by atoms with van der Waals surface area (Å²) in [7, 11) is 0. The van der Waals surface area contributed by atoms with Crippen LogP contribution >= 0.6 is 0 Å². The van der Waals surface area contributed by atoms with Crippen LogP contribution in [0.1, 0.15) is 122 Å². The second-order valence-corrected chi connectivity index (χ2v) is 10.5. The Morgan fingerprint density at radius 1 is 0.969 bits per heavy atom. The van der Waals surface area contributed by atoms with Crippen LogP contribution in [0.15, 0.2) is 0 Å². The molecule has 3 unspecified atom stereocenters. The summed E-state index contributed by atoms with van der Waals surface area (Å²) in [6.07, 6.45) is 22.4. The number of rotatable bonds is 8. The largest absolute Gasteiger partial charge is 0.466 e. The minimum absolute atomic E-state index is 0.0713. The molecule has 0 aromatic rings. The van der Waals surface area contributed by atoms with Gasteiger partial charge in [0.2, 0.25) is 6.29 Å². The predicted molar refractivity (Wildman–Crippen MR) is 129 cm³/mol. The Labute approximate surface area is 197 Å². The average molecular weight is 449 g/mol. The SMILES string of the molecule is [CH2]CCCC(CC[C]1OC2CCC(O1)C1CCCCCC(CCCCC1)C2)C(=O)OCC. The van der Waals surface area contributed by atoms with Gasteiger partial charge in [-0.2, -0.15) is 0 Å². The first-order chi connectivity index (χ1) is 15.7. The van der Waals surface area contributed by atoms with Gasteiger partial charge in [-0.25, -0.2) is 0 Å². The predicted octanol–water partition coefficient (Wildman–Crippen LogP) is 7.55. The summed E-state index contributed by atoms with van der Waals surface area (Å²) in [4.78, 5) is 12.5. The normalized spacial score (nSPS) is 31.4. The van der Waals surface area contributed by atoms with Crippen molar-refractivity contribution < 1.29 is 19.0 Å². The van der Waals surface area contributed by atoms with E-state index in [2.05, 4.69) is 6.92 Å². The summed E-state index contributed by atoms with van der Waals surface area (Å²) in [6, 6.07) is 0.